The molecule has 0 saturated carbocycles. The fraction of sp³-hybridized carbons (Fsp3) is 0.0435. The molecule has 1 amide bonds. The summed E-state index contributed by atoms with van der Waals surface area (Å²) in [7, 11) is 0. The van der Waals surface area contributed by atoms with Crippen molar-refractivity contribution >= 4 is 45.9 Å². The van der Waals surface area contributed by atoms with E-state index in [2.05, 4.69) is 36.7 Å². The normalized spacial score (nSPS) is 11.4. The number of aromatic nitrogens is 3. The van der Waals surface area contributed by atoms with Crippen molar-refractivity contribution in [1.82, 2.24) is 20.2 Å². The lowest BCUT2D eigenvalue weighted by atomic mass is 10.2. The summed E-state index contributed by atoms with van der Waals surface area (Å²) < 4.78 is 8.10. The number of para-hydroxylation sites is 1. The van der Waals surface area contributed by atoms with Crippen LogP contribution in [0.25, 0.3) is 23.2 Å². The summed E-state index contributed by atoms with van der Waals surface area (Å²) in [6, 6.07) is 21.3. The zero-order valence-electron chi connectivity index (χ0n) is 16.8. The Bertz CT molecular complexity index is 1220. The maximum Gasteiger partial charge on any atom is 0.250 e. The van der Waals surface area contributed by atoms with E-state index in [1.165, 1.54) is 18.0 Å². The number of thioether (sulfide) groups is 1. The van der Waals surface area contributed by atoms with E-state index in [1.54, 1.807) is 24.5 Å². The summed E-state index contributed by atoms with van der Waals surface area (Å²) in [6.45, 7) is 0. The number of nitrogens with zero attached hydrogens (tertiary/aromatic N) is 4. The van der Waals surface area contributed by atoms with Gasteiger partial charge in [-0.25, -0.2) is 5.43 Å². The first-order chi connectivity index (χ1) is 15.7. The molecule has 4 aromatic rings. The molecule has 2 aromatic heterocycles. The van der Waals surface area contributed by atoms with Gasteiger partial charge >= 0.3 is 0 Å². The summed E-state index contributed by atoms with van der Waals surface area (Å²) in [4.78, 5) is 12.2. The van der Waals surface area contributed by atoms with E-state index < -0.39 is 0 Å². The third kappa shape index (κ3) is 5.63. The molecule has 0 aliphatic rings. The molecule has 0 bridgehead atoms. The molecule has 160 valence electrons. The van der Waals surface area contributed by atoms with Crippen molar-refractivity contribution < 1.29 is 9.21 Å². The average Bonchev–Trinajstić information content (AvgIpc) is 3.48. The second-order valence-corrected chi connectivity index (χ2v) is 8.32. The summed E-state index contributed by atoms with van der Waals surface area (Å²) in [6.07, 6.45) is 6.51. The van der Waals surface area contributed by atoms with Crippen LogP contribution < -0.4 is 5.43 Å². The van der Waals surface area contributed by atoms with Gasteiger partial charge in [0.2, 0.25) is 0 Å². The molecule has 4 rings (SSSR count). The first kappa shape index (κ1) is 21.8. The minimum Gasteiger partial charge on any atom is -0.465 e. The maximum atomic E-state index is 12.2. The van der Waals surface area contributed by atoms with Gasteiger partial charge in [0, 0.05) is 21.9 Å². The zero-order chi connectivity index (χ0) is 22.2. The van der Waals surface area contributed by atoms with Crippen molar-refractivity contribution in [2.24, 2.45) is 5.10 Å². The Kier molecular flexibility index (Phi) is 7.31. The Balaban J connectivity index is 1.45. The molecule has 1 N–H and O–H groups in total. The summed E-state index contributed by atoms with van der Waals surface area (Å²) in [5.74, 6) is 1.31. The standard InChI is InChI=1S/C23H18BrN5O2S/c24-18-12-10-17(11-13-18)22-27-28-23(29(22)19-6-2-1-3-7-19)32-16-21(30)26-25-14-4-8-20-9-5-15-31-20/h1-15H,16H2,(H,26,30). The molecule has 0 fully saturated rings. The SMILES string of the molecule is O=C(CSc1nnc(-c2ccc(Br)cc2)n1-c1ccccc1)NN=CC=Cc1ccco1. The van der Waals surface area contributed by atoms with Gasteiger partial charge in [-0.2, -0.15) is 5.10 Å². The van der Waals surface area contributed by atoms with Gasteiger partial charge < -0.3 is 4.42 Å². The van der Waals surface area contributed by atoms with E-state index in [4.69, 9.17) is 4.42 Å². The number of rotatable bonds is 8. The van der Waals surface area contributed by atoms with Gasteiger partial charge in [0.1, 0.15) is 5.76 Å². The third-order valence-corrected chi connectivity index (χ3v) is 5.69. The molecule has 0 saturated heterocycles. The predicted molar refractivity (Wildman–Crippen MR) is 130 cm³/mol. The molecule has 0 unspecified atom stereocenters. The zero-order valence-corrected chi connectivity index (χ0v) is 19.2. The van der Waals surface area contributed by atoms with Gasteiger partial charge in [-0.3, -0.25) is 9.36 Å². The molecule has 2 heterocycles. The fourth-order valence-corrected chi connectivity index (χ4v) is 3.81. The molecule has 0 aliphatic carbocycles. The van der Waals surface area contributed by atoms with E-state index in [9.17, 15) is 4.79 Å². The van der Waals surface area contributed by atoms with E-state index in [0.29, 0.717) is 16.7 Å². The lowest BCUT2D eigenvalue weighted by Gasteiger charge is -2.10. The van der Waals surface area contributed by atoms with E-state index in [0.717, 1.165) is 15.7 Å². The minimum atomic E-state index is -0.245. The number of nitrogens with one attached hydrogen (secondary N) is 1. The third-order valence-electron chi connectivity index (χ3n) is 4.24. The summed E-state index contributed by atoms with van der Waals surface area (Å²) in [5.41, 5.74) is 4.34. The Morgan fingerprint density at radius 1 is 1.09 bits per heavy atom. The van der Waals surface area contributed by atoms with Crippen LogP contribution in [0.4, 0.5) is 0 Å². The first-order valence-corrected chi connectivity index (χ1v) is 11.4. The molecular weight excluding hydrogens is 490 g/mol. The Labute approximate surface area is 197 Å². The average molecular weight is 508 g/mol. The van der Waals surface area contributed by atoms with Crippen LogP contribution in [0.3, 0.4) is 0 Å². The van der Waals surface area contributed by atoms with Crippen molar-refractivity contribution in [3.05, 3.63) is 89.3 Å². The summed E-state index contributed by atoms with van der Waals surface area (Å²) in [5, 5.41) is 13.2. The topological polar surface area (TPSA) is 85.3 Å². The van der Waals surface area contributed by atoms with Crippen molar-refractivity contribution in [2.75, 3.05) is 5.75 Å². The highest BCUT2D eigenvalue weighted by Gasteiger charge is 2.17. The van der Waals surface area contributed by atoms with Crippen LogP contribution in [0, 0.1) is 0 Å². The van der Waals surface area contributed by atoms with Crippen LogP contribution in [0.1, 0.15) is 5.76 Å². The van der Waals surface area contributed by atoms with Crippen LogP contribution in [0.2, 0.25) is 0 Å². The number of hydrogen-bond donors (Lipinski definition) is 1. The molecule has 7 nitrogen and oxygen atoms in total. The Morgan fingerprint density at radius 3 is 2.66 bits per heavy atom. The number of carbonyl (C=O) groups is 1. The molecule has 9 heteroatoms. The van der Waals surface area contributed by atoms with Crippen LogP contribution in [0.15, 0.2) is 98.2 Å². The monoisotopic (exact) mass is 507 g/mol. The number of amides is 1. The van der Waals surface area contributed by atoms with E-state index in [-0.39, 0.29) is 11.7 Å². The number of benzene rings is 2. The number of allylic oxidation sites excluding steroid dienone is 1. The van der Waals surface area contributed by atoms with Crippen LogP contribution >= 0.6 is 27.7 Å². The number of hydrazone groups is 1. The molecule has 0 atom stereocenters. The second-order valence-electron chi connectivity index (χ2n) is 6.46. The molecular formula is C23H18BrN5O2S. The van der Waals surface area contributed by atoms with Crippen LogP contribution in [-0.4, -0.2) is 32.6 Å². The molecule has 0 radical (unpaired) electrons. The quantitative estimate of drug-likeness (QED) is 0.201. The number of halogens is 1. The maximum absolute atomic E-state index is 12.2. The minimum absolute atomic E-state index is 0.143. The van der Waals surface area contributed by atoms with Crippen LogP contribution in [0.5, 0.6) is 0 Å². The van der Waals surface area contributed by atoms with Crippen molar-refractivity contribution in [3.8, 4) is 17.1 Å². The molecule has 2 aromatic carbocycles. The number of hydrogen-bond acceptors (Lipinski definition) is 6. The van der Waals surface area contributed by atoms with Gasteiger partial charge in [-0.15, -0.1) is 10.2 Å². The van der Waals surface area contributed by atoms with Gasteiger partial charge in [0.25, 0.3) is 5.91 Å². The van der Waals surface area contributed by atoms with Crippen molar-refractivity contribution in [2.45, 2.75) is 5.16 Å². The lowest BCUT2D eigenvalue weighted by molar-refractivity contribution is -0.118. The second kappa shape index (κ2) is 10.7. The van der Waals surface area contributed by atoms with Crippen molar-refractivity contribution in [3.63, 3.8) is 0 Å². The highest BCUT2D eigenvalue weighted by Crippen LogP contribution is 2.28. The van der Waals surface area contributed by atoms with Gasteiger partial charge in [-0.05, 0) is 48.6 Å². The van der Waals surface area contributed by atoms with Crippen LogP contribution in [-0.2, 0) is 4.79 Å². The van der Waals surface area contributed by atoms with E-state index >= 15 is 0 Å². The molecule has 0 aliphatic heterocycles. The van der Waals surface area contributed by atoms with Gasteiger partial charge in [0.15, 0.2) is 11.0 Å². The molecule has 32 heavy (non-hydrogen) atoms. The highest BCUT2D eigenvalue weighted by atomic mass is 79.9. The van der Waals surface area contributed by atoms with Gasteiger partial charge in [0.05, 0.1) is 12.0 Å². The Morgan fingerprint density at radius 2 is 1.91 bits per heavy atom. The molecule has 0 spiro atoms. The largest absolute Gasteiger partial charge is 0.465 e. The smallest absolute Gasteiger partial charge is 0.250 e. The summed E-state index contributed by atoms with van der Waals surface area (Å²) >= 11 is 4.75. The number of furan rings is 1. The predicted octanol–water partition coefficient (Wildman–Crippen LogP) is 5.20. The first-order valence-electron chi connectivity index (χ1n) is 9.62. The fourth-order valence-electron chi connectivity index (χ4n) is 2.80. The Hall–Kier alpha value is -3.43. The lowest BCUT2D eigenvalue weighted by Crippen LogP contribution is -2.19. The number of carbonyl (C=O) groups excluding carboxylic acids is 1. The van der Waals surface area contributed by atoms with E-state index in [1.807, 2.05) is 65.2 Å². The highest BCUT2D eigenvalue weighted by molar-refractivity contribution is 9.10. The van der Waals surface area contributed by atoms with Crippen molar-refractivity contribution in [1.29, 1.82) is 0 Å². The van der Waals surface area contributed by atoms with Gasteiger partial charge in [-0.1, -0.05) is 58.0 Å².